The molecule has 1 atom stereocenters. The molecule has 3 N–H and O–H groups in total. The molecule has 1 aliphatic rings. The van der Waals surface area contributed by atoms with Crippen molar-refractivity contribution < 1.29 is 9.59 Å². The summed E-state index contributed by atoms with van der Waals surface area (Å²) in [6.45, 7) is 6.39. The molecule has 4 aromatic rings. The van der Waals surface area contributed by atoms with Crippen LogP contribution in [0.25, 0.3) is 0 Å². The lowest BCUT2D eigenvalue weighted by Crippen LogP contribution is -2.65. The number of carbonyl (C=O) groups is 2. The molecule has 2 amide bonds. The van der Waals surface area contributed by atoms with Crippen molar-refractivity contribution >= 4 is 28.9 Å². The molecule has 0 radical (unpaired) electrons. The minimum absolute atomic E-state index is 0.366. The maximum atomic E-state index is 14.1. The topological polar surface area (TPSA) is 85.8 Å². The molecule has 7 heteroatoms. The van der Waals surface area contributed by atoms with E-state index < -0.39 is 5.66 Å². The quantitative estimate of drug-likeness (QED) is 0.249. The third kappa shape index (κ3) is 6.81. The first-order chi connectivity index (χ1) is 19.6. The highest BCUT2D eigenvalue weighted by molar-refractivity contribution is 6.26. The van der Waals surface area contributed by atoms with Gasteiger partial charge in [0, 0.05) is 17.7 Å². The molecular weight excluding hydrogens is 498 g/mol. The van der Waals surface area contributed by atoms with Crippen LogP contribution in [0.15, 0.2) is 126 Å². The molecule has 7 nitrogen and oxygen atoms in total. The van der Waals surface area contributed by atoms with E-state index in [9.17, 15) is 9.59 Å². The lowest BCUT2D eigenvalue weighted by molar-refractivity contribution is -0.120. The van der Waals surface area contributed by atoms with E-state index in [-0.39, 0.29) is 11.8 Å². The van der Waals surface area contributed by atoms with E-state index in [1.165, 1.54) is 5.01 Å². The Bertz CT molecular complexity index is 1390. The number of nitrogens with zero attached hydrogens (tertiary/aromatic N) is 2. The molecule has 204 valence electrons. The van der Waals surface area contributed by atoms with E-state index >= 15 is 0 Å². The normalized spacial score (nSPS) is 16.0. The van der Waals surface area contributed by atoms with Crippen molar-refractivity contribution in [1.29, 1.82) is 0 Å². The van der Waals surface area contributed by atoms with Crippen LogP contribution in [0, 0.1) is 0 Å². The monoisotopic (exact) mass is 533 g/mol. The summed E-state index contributed by atoms with van der Waals surface area (Å²) < 4.78 is 0. The zero-order chi connectivity index (χ0) is 28.2. The van der Waals surface area contributed by atoms with Crippen LogP contribution in [0.3, 0.4) is 0 Å². The Morgan fingerprint density at radius 1 is 0.750 bits per heavy atom. The van der Waals surface area contributed by atoms with Gasteiger partial charge in [-0.05, 0) is 55.1 Å². The average molecular weight is 534 g/mol. The van der Waals surface area contributed by atoms with Gasteiger partial charge in [0.25, 0.3) is 11.8 Å². The predicted molar refractivity (Wildman–Crippen MR) is 162 cm³/mol. The molecule has 0 saturated carbocycles. The van der Waals surface area contributed by atoms with Gasteiger partial charge >= 0.3 is 0 Å². The summed E-state index contributed by atoms with van der Waals surface area (Å²) in [6, 6.07) is 37.2. The summed E-state index contributed by atoms with van der Waals surface area (Å²) in [6.07, 6.45) is 0.366. The molecule has 1 unspecified atom stereocenters. The number of hydrazone groups is 1. The molecule has 5 rings (SSSR count). The minimum Gasteiger partial charge on any atom is -0.350 e. The van der Waals surface area contributed by atoms with E-state index in [1.807, 2.05) is 97.1 Å². The van der Waals surface area contributed by atoms with E-state index in [0.29, 0.717) is 29.1 Å². The molecule has 1 heterocycles. The number of carbonyl (C=O) groups excluding carboxylic acids is 2. The van der Waals surface area contributed by atoms with E-state index in [2.05, 4.69) is 29.8 Å². The SMILES string of the molecule is CCNCC.O=C(NC1(Nc2ccccc2)C(=O)N(c2ccccc2)N=C1Cc1ccccc1)c1ccccc1. The van der Waals surface area contributed by atoms with Gasteiger partial charge in [0.1, 0.15) is 0 Å². The molecule has 0 fully saturated rings. The lowest BCUT2D eigenvalue weighted by atomic mass is 9.95. The van der Waals surface area contributed by atoms with Crippen molar-refractivity contribution in [3.05, 3.63) is 132 Å². The van der Waals surface area contributed by atoms with E-state index in [1.54, 1.807) is 24.3 Å². The Morgan fingerprint density at radius 2 is 1.27 bits per heavy atom. The molecular formula is C33H35N5O2. The second-order valence-electron chi connectivity index (χ2n) is 9.18. The van der Waals surface area contributed by atoms with Crippen LogP contribution in [0.1, 0.15) is 29.8 Å². The second kappa shape index (κ2) is 13.9. The maximum absolute atomic E-state index is 14.1. The summed E-state index contributed by atoms with van der Waals surface area (Å²) in [5, 5.41) is 15.6. The average Bonchev–Trinajstić information content (AvgIpc) is 3.26. The summed E-state index contributed by atoms with van der Waals surface area (Å²) >= 11 is 0. The summed E-state index contributed by atoms with van der Waals surface area (Å²) in [5.74, 6) is -0.763. The van der Waals surface area contributed by atoms with Gasteiger partial charge in [0.05, 0.1) is 11.4 Å². The van der Waals surface area contributed by atoms with Crippen molar-refractivity contribution in [3.8, 4) is 0 Å². The molecule has 0 aromatic heterocycles. The van der Waals surface area contributed by atoms with Gasteiger partial charge in [-0.15, -0.1) is 0 Å². The van der Waals surface area contributed by atoms with Gasteiger partial charge < -0.3 is 16.0 Å². The zero-order valence-electron chi connectivity index (χ0n) is 22.9. The van der Waals surface area contributed by atoms with Crippen molar-refractivity contribution in [3.63, 3.8) is 0 Å². The molecule has 1 aliphatic heterocycles. The maximum Gasteiger partial charge on any atom is 0.300 e. The highest BCUT2D eigenvalue weighted by Gasteiger charge is 2.53. The molecule has 4 aromatic carbocycles. The highest BCUT2D eigenvalue weighted by Crippen LogP contribution is 2.30. The number of amides is 2. The predicted octanol–water partition coefficient (Wildman–Crippen LogP) is 5.49. The van der Waals surface area contributed by atoms with Gasteiger partial charge in [-0.3, -0.25) is 9.59 Å². The van der Waals surface area contributed by atoms with Crippen LogP contribution in [0.4, 0.5) is 11.4 Å². The molecule has 0 spiro atoms. The van der Waals surface area contributed by atoms with Gasteiger partial charge in [-0.25, -0.2) is 0 Å². The smallest absolute Gasteiger partial charge is 0.300 e. The Labute approximate surface area is 235 Å². The Balaban J connectivity index is 0.000000681. The number of benzene rings is 4. The van der Waals surface area contributed by atoms with Crippen LogP contribution in [-0.4, -0.2) is 36.3 Å². The van der Waals surface area contributed by atoms with Crippen molar-refractivity contribution in [1.82, 2.24) is 10.6 Å². The summed E-state index contributed by atoms with van der Waals surface area (Å²) in [7, 11) is 0. The van der Waals surface area contributed by atoms with E-state index in [4.69, 9.17) is 5.10 Å². The number of hydrogen-bond donors (Lipinski definition) is 3. The fourth-order valence-electron chi connectivity index (χ4n) is 4.33. The van der Waals surface area contributed by atoms with Crippen LogP contribution in [0.5, 0.6) is 0 Å². The number of rotatable bonds is 9. The first-order valence-electron chi connectivity index (χ1n) is 13.5. The number of nitrogens with one attached hydrogen (secondary N) is 3. The molecule has 0 bridgehead atoms. The Hall–Kier alpha value is -4.75. The van der Waals surface area contributed by atoms with Crippen LogP contribution < -0.4 is 21.0 Å². The number of hydrogen-bond acceptors (Lipinski definition) is 5. The zero-order valence-corrected chi connectivity index (χ0v) is 22.9. The summed E-state index contributed by atoms with van der Waals surface area (Å²) in [5.41, 5.74) is 1.64. The fraction of sp³-hybridized carbons (Fsp3) is 0.182. The highest BCUT2D eigenvalue weighted by atomic mass is 16.2. The molecule has 0 saturated heterocycles. The van der Waals surface area contributed by atoms with Gasteiger partial charge in [-0.1, -0.05) is 98.8 Å². The minimum atomic E-state index is -1.58. The third-order valence-corrected chi connectivity index (χ3v) is 6.32. The van der Waals surface area contributed by atoms with Crippen molar-refractivity contribution in [2.24, 2.45) is 5.10 Å². The third-order valence-electron chi connectivity index (χ3n) is 6.32. The first-order valence-corrected chi connectivity index (χ1v) is 13.5. The first kappa shape index (κ1) is 28.3. The molecule has 0 aliphatic carbocycles. The Kier molecular flexibility index (Phi) is 9.80. The van der Waals surface area contributed by atoms with Crippen molar-refractivity contribution in [2.45, 2.75) is 25.9 Å². The molecule has 40 heavy (non-hydrogen) atoms. The van der Waals surface area contributed by atoms with Gasteiger partial charge in [0.15, 0.2) is 0 Å². The summed E-state index contributed by atoms with van der Waals surface area (Å²) in [4.78, 5) is 27.5. The van der Waals surface area contributed by atoms with Crippen molar-refractivity contribution in [2.75, 3.05) is 23.4 Å². The fourth-order valence-corrected chi connectivity index (χ4v) is 4.33. The van der Waals surface area contributed by atoms with Crippen LogP contribution in [-0.2, 0) is 11.2 Å². The van der Waals surface area contributed by atoms with Gasteiger partial charge in [0.2, 0.25) is 5.66 Å². The van der Waals surface area contributed by atoms with Crippen LogP contribution >= 0.6 is 0 Å². The number of para-hydroxylation sites is 2. The standard InChI is InChI=1S/C29H24N4O2.C4H11N/c34-27(23-15-7-2-8-16-23)31-29(30-24-17-9-3-10-18-24)26(21-22-13-5-1-6-14-22)32-33(28(29)35)25-19-11-4-12-20-25;1-3-5-4-2/h1-20,30H,21H2,(H,31,34);5H,3-4H2,1-2H3. The Morgan fingerprint density at radius 3 is 1.82 bits per heavy atom. The lowest BCUT2D eigenvalue weighted by Gasteiger charge is -2.32. The van der Waals surface area contributed by atoms with E-state index in [0.717, 1.165) is 18.7 Å². The largest absolute Gasteiger partial charge is 0.350 e. The van der Waals surface area contributed by atoms with Gasteiger partial charge in [-0.2, -0.15) is 10.1 Å². The number of anilines is 2. The second-order valence-corrected chi connectivity index (χ2v) is 9.18. The van der Waals surface area contributed by atoms with Crippen LogP contribution in [0.2, 0.25) is 0 Å².